The van der Waals surface area contributed by atoms with Crippen LogP contribution >= 0.6 is 11.8 Å². The van der Waals surface area contributed by atoms with Crippen molar-refractivity contribution in [3.05, 3.63) is 58.1 Å². The van der Waals surface area contributed by atoms with Gasteiger partial charge in [0, 0.05) is 17.0 Å². The molecule has 0 aliphatic rings. The molecule has 21 heavy (non-hydrogen) atoms. The Morgan fingerprint density at radius 1 is 1.19 bits per heavy atom. The summed E-state index contributed by atoms with van der Waals surface area (Å²) >= 11 is 1.62. The Morgan fingerprint density at radius 2 is 1.90 bits per heavy atom. The molecular weight excluding hydrogens is 290 g/mol. The van der Waals surface area contributed by atoms with Gasteiger partial charge in [-0.1, -0.05) is 6.07 Å². The van der Waals surface area contributed by atoms with Crippen molar-refractivity contribution >= 4 is 17.4 Å². The molecule has 110 valence electrons. The molecule has 0 amide bonds. The lowest BCUT2D eigenvalue weighted by Gasteiger charge is -2.10. The second-order valence-electron chi connectivity index (χ2n) is 4.23. The number of thioether (sulfide) groups is 1. The Bertz CT molecular complexity index is 628. The molecule has 0 spiro atoms. The first-order valence-electron chi connectivity index (χ1n) is 6.22. The van der Waals surface area contributed by atoms with Gasteiger partial charge in [-0.3, -0.25) is 10.1 Å². The highest BCUT2D eigenvalue weighted by Crippen LogP contribution is 2.28. The highest BCUT2D eigenvalue weighted by atomic mass is 32.2. The Labute approximate surface area is 127 Å². The van der Waals surface area contributed by atoms with Crippen LogP contribution in [0.1, 0.15) is 5.56 Å². The Kier molecular flexibility index (Phi) is 5.05. The molecule has 5 nitrogen and oxygen atoms in total. The first kappa shape index (κ1) is 15.2. The number of benzene rings is 2. The summed E-state index contributed by atoms with van der Waals surface area (Å²) in [6, 6.07) is 11.9. The molecule has 6 heteroatoms. The minimum atomic E-state index is -0.435. The normalized spacial score (nSPS) is 10.2. The van der Waals surface area contributed by atoms with E-state index in [-0.39, 0.29) is 5.69 Å². The summed E-state index contributed by atoms with van der Waals surface area (Å²) in [6.45, 7) is 0.378. The summed E-state index contributed by atoms with van der Waals surface area (Å²) in [5.74, 6) is 1.40. The molecule has 0 radical (unpaired) electrons. The molecule has 2 rings (SSSR count). The predicted octanol–water partition coefficient (Wildman–Crippen LogP) is 3.90. The fourth-order valence-corrected chi connectivity index (χ4v) is 2.35. The predicted molar refractivity (Wildman–Crippen MR) is 82.2 cm³/mol. The molecule has 0 aliphatic carbocycles. The van der Waals surface area contributed by atoms with Crippen LogP contribution in [-0.4, -0.2) is 18.3 Å². The van der Waals surface area contributed by atoms with Gasteiger partial charge < -0.3 is 9.47 Å². The lowest BCUT2D eigenvalue weighted by molar-refractivity contribution is -0.384. The van der Waals surface area contributed by atoms with E-state index in [0.717, 1.165) is 16.2 Å². The van der Waals surface area contributed by atoms with Crippen LogP contribution in [0.25, 0.3) is 0 Å². The topological polar surface area (TPSA) is 61.6 Å². The standard InChI is InChI=1S/C15H15NO4S/c1-19-14-9-11(3-8-15(14)21-2)10-20-13-6-4-12(5-7-13)16(17)18/h3-9H,10H2,1-2H3. The number of non-ortho nitro benzene ring substituents is 1. The number of ether oxygens (including phenoxy) is 2. The minimum Gasteiger partial charge on any atom is -0.496 e. The van der Waals surface area contributed by atoms with E-state index in [1.54, 1.807) is 31.0 Å². The second kappa shape index (κ2) is 6.99. The fraction of sp³-hybridized carbons (Fsp3) is 0.200. The quantitative estimate of drug-likeness (QED) is 0.460. The smallest absolute Gasteiger partial charge is 0.269 e. The molecule has 0 aromatic heterocycles. The van der Waals surface area contributed by atoms with Gasteiger partial charge in [-0.15, -0.1) is 11.8 Å². The number of hydrogen-bond donors (Lipinski definition) is 0. The van der Waals surface area contributed by atoms with E-state index >= 15 is 0 Å². The van der Waals surface area contributed by atoms with Gasteiger partial charge in [0.15, 0.2) is 0 Å². The van der Waals surface area contributed by atoms with Crippen molar-refractivity contribution in [2.75, 3.05) is 13.4 Å². The van der Waals surface area contributed by atoms with E-state index < -0.39 is 4.92 Å². The van der Waals surface area contributed by atoms with Crippen LogP contribution in [0.4, 0.5) is 5.69 Å². The van der Waals surface area contributed by atoms with Crippen LogP contribution in [-0.2, 0) is 6.61 Å². The fourth-order valence-electron chi connectivity index (χ4n) is 1.80. The van der Waals surface area contributed by atoms with Gasteiger partial charge in [0.2, 0.25) is 0 Å². The van der Waals surface area contributed by atoms with Crippen molar-refractivity contribution in [1.29, 1.82) is 0 Å². The van der Waals surface area contributed by atoms with Gasteiger partial charge in [-0.25, -0.2) is 0 Å². The number of nitro groups is 1. The van der Waals surface area contributed by atoms with Gasteiger partial charge in [0.1, 0.15) is 18.1 Å². The van der Waals surface area contributed by atoms with Crippen molar-refractivity contribution < 1.29 is 14.4 Å². The lowest BCUT2D eigenvalue weighted by atomic mass is 10.2. The van der Waals surface area contributed by atoms with E-state index in [2.05, 4.69) is 0 Å². The van der Waals surface area contributed by atoms with Crippen LogP contribution in [0, 0.1) is 10.1 Å². The second-order valence-corrected chi connectivity index (χ2v) is 5.08. The molecule has 2 aromatic rings. The SMILES string of the molecule is COc1cc(COc2ccc([N+](=O)[O-])cc2)ccc1SC. The monoisotopic (exact) mass is 305 g/mol. The van der Waals surface area contributed by atoms with E-state index in [0.29, 0.717) is 12.4 Å². The zero-order valence-corrected chi connectivity index (χ0v) is 12.6. The van der Waals surface area contributed by atoms with Crippen molar-refractivity contribution in [3.63, 3.8) is 0 Å². The summed E-state index contributed by atoms with van der Waals surface area (Å²) in [4.78, 5) is 11.2. The van der Waals surface area contributed by atoms with E-state index in [4.69, 9.17) is 9.47 Å². The molecule has 0 heterocycles. The molecular formula is C15H15NO4S. The zero-order chi connectivity index (χ0) is 15.2. The van der Waals surface area contributed by atoms with Crippen LogP contribution < -0.4 is 9.47 Å². The molecule has 2 aromatic carbocycles. The van der Waals surface area contributed by atoms with E-state index in [1.165, 1.54) is 12.1 Å². The third kappa shape index (κ3) is 3.88. The van der Waals surface area contributed by atoms with E-state index in [9.17, 15) is 10.1 Å². The molecule has 0 saturated heterocycles. The van der Waals surface area contributed by atoms with Crippen LogP contribution in [0.15, 0.2) is 47.4 Å². The van der Waals surface area contributed by atoms with Gasteiger partial charge in [0.25, 0.3) is 5.69 Å². The maximum atomic E-state index is 10.6. The third-order valence-corrected chi connectivity index (χ3v) is 3.68. The number of nitro benzene ring substituents is 1. The average molecular weight is 305 g/mol. The average Bonchev–Trinajstić information content (AvgIpc) is 2.52. The Balaban J connectivity index is 2.04. The molecule has 0 unspecified atom stereocenters. The molecule has 0 aliphatic heterocycles. The van der Waals surface area contributed by atoms with Gasteiger partial charge in [0.05, 0.1) is 12.0 Å². The highest BCUT2D eigenvalue weighted by molar-refractivity contribution is 7.98. The van der Waals surface area contributed by atoms with Gasteiger partial charge in [-0.2, -0.15) is 0 Å². The maximum Gasteiger partial charge on any atom is 0.269 e. The summed E-state index contributed by atoms with van der Waals surface area (Å²) in [5, 5.41) is 10.6. The summed E-state index contributed by atoms with van der Waals surface area (Å²) in [6.07, 6.45) is 1.99. The Hall–Kier alpha value is -2.21. The van der Waals surface area contributed by atoms with Crippen molar-refractivity contribution in [2.24, 2.45) is 0 Å². The highest BCUT2D eigenvalue weighted by Gasteiger charge is 2.06. The molecule has 0 atom stereocenters. The Morgan fingerprint density at radius 3 is 2.48 bits per heavy atom. The van der Waals surface area contributed by atoms with Gasteiger partial charge in [-0.05, 0) is 36.1 Å². The maximum absolute atomic E-state index is 10.6. The van der Waals surface area contributed by atoms with Crippen molar-refractivity contribution in [1.82, 2.24) is 0 Å². The zero-order valence-electron chi connectivity index (χ0n) is 11.7. The van der Waals surface area contributed by atoms with Crippen LogP contribution in [0.3, 0.4) is 0 Å². The van der Waals surface area contributed by atoms with Crippen molar-refractivity contribution in [2.45, 2.75) is 11.5 Å². The number of rotatable bonds is 6. The largest absolute Gasteiger partial charge is 0.496 e. The number of methoxy groups -OCH3 is 1. The number of nitrogens with zero attached hydrogens (tertiary/aromatic N) is 1. The molecule has 0 fully saturated rings. The third-order valence-electron chi connectivity index (χ3n) is 2.90. The van der Waals surface area contributed by atoms with Crippen LogP contribution in [0.2, 0.25) is 0 Å². The van der Waals surface area contributed by atoms with Gasteiger partial charge >= 0.3 is 0 Å². The molecule has 0 bridgehead atoms. The van der Waals surface area contributed by atoms with E-state index in [1.807, 2.05) is 24.5 Å². The van der Waals surface area contributed by atoms with Crippen molar-refractivity contribution in [3.8, 4) is 11.5 Å². The van der Waals surface area contributed by atoms with Crippen LogP contribution in [0.5, 0.6) is 11.5 Å². The lowest BCUT2D eigenvalue weighted by Crippen LogP contribution is -1.97. The minimum absolute atomic E-state index is 0.0494. The summed E-state index contributed by atoms with van der Waals surface area (Å²) in [5.41, 5.74) is 1.02. The molecule has 0 saturated carbocycles. The number of hydrogen-bond acceptors (Lipinski definition) is 5. The first-order chi connectivity index (χ1) is 10.1. The summed E-state index contributed by atoms with van der Waals surface area (Å²) in [7, 11) is 1.63. The summed E-state index contributed by atoms with van der Waals surface area (Å²) < 4.78 is 10.9. The molecule has 0 N–H and O–H groups in total. The first-order valence-corrected chi connectivity index (χ1v) is 7.44.